The van der Waals surface area contributed by atoms with Crippen LogP contribution in [0.1, 0.15) is 110 Å². The van der Waals surface area contributed by atoms with Gasteiger partial charge < -0.3 is 4.74 Å². The van der Waals surface area contributed by atoms with E-state index in [9.17, 15) is 17.6 Å². The van der Waals surface area contributed by atoms with Gasteiger partial charge in [0.05, 0.1) is 12.2 Å². The number of allylic oxidation sites excluding steroid dienone is 2. The molecule has 1 saturated heterocycles. The van der Waals surface area contributed by atoms with Gasteiger partial charge in [-0.2, -0.15) is 13.2 Å². The first-order valence-electron chi connectivity index (χ1n) is 14.3. The normalized spacial score (nSPS) is 40.8. The highest BCUT2D eigenvalue weighted by molar-refractivity contribution is 5.03. The topological polar surface area (TPSA) is 9.23 Å². The first kappa shape index (κ1) is 26.5. The van der Waals surface area contributed by atoms with Crippen LogP contribution in [0.25, 0.3) is 0 Å². The molecule has 0 bridgehead atoms. The Labute approximate surface area is 204 Å². The third kappa shape index (κ3) is 7.71. The molecule has 4 aliphatic rings. The van der Waals surface area contributed by atoms with Gasteiger partial charge in [0.1, 0.15) is 5.83 Å². The van der Waals surface area contributed by atoms with Gasteiger partial charge in [-0.05, 0) is 99.7 Å². The molecule has 1 unspecified atom stereocenters. The number of alkyl halides is 3. The van der Waals surface area contributed by atoms with Crippen LogP contribution in [0.2, 0.25) is 0 Å². The van der Waals surface area contributed by atoms with Crippen LogP contribution < -0.4 is 0 Å². The molecule has 5 heteroatoms. The molecule has 196 valence electrons. The van der Waals surface area contributed by atoms with Gasteiger partial charge >= 0.3 is 6.18 Å². The maximum absolute atomic E-state index is 13.9. The molecule has 0 aromatic rings. The van der Waals surface area contributed by atoms with Crippen LogP contribution in [0.3, 0.4) is 0 Å². The Balaban J connectivity index is 1.09. The molecule has 0 spiro atoms. The first-order valence-corrected chi connectivity index (χ1v) is 14.3. The highest BCUT2D eigenvalue weighted by Gasteiger charge is 2.35. The highest BCUT2D eigenvalue weighted by Crippen LogP contribution is 2.45. The van der Waals surface area contributed by atoms with Crippen molar-refractivity contribution in [2.75, 3.05) is 6.61 Å². The maximum atomic E-state index is 13.9. The molecule has 0 aromatic heterocycles. The lowest BCUT2D eigenvalue weighted by Gasteiger charge is -2.39. The monoisotopic (exact) mass is 486 g/mol. The van der Waals surface area contributed by atoms with E-state index in [1.807, 2.05) is 0 Å². The predicted octanol–water partition coefficient (Wildman–Crippen LogP) is 9.42. The zero-order chi connectivity index (χ0) is 24.1. The van der Waals surface area contributed by atoms with E-state index < -0.39 is 17.9 Å². The Bertz CT molecular complexity index is 627. The molecule has 1 nitrogen and oxygen atoms in total. The summed E-state index contributed by atoms with van der Waals surface area (Å²) in [6.07, 6.45) is 14.8. The van der Waals surface area contributed by atoms with Gasteiger partial charge in [0, 0.05) is 12.5 Å². The van der Waals surface area contributed by atoms with Crippen molar-refractivity contribution in [3.05, 3.63) is 11.9 Å². The van der Waals surface area contributed by atoms with Crippen LogP contribution >= 0.6 is 0 Å². The summed E-state index contributed by atoms with van der Waals surface area (Å²) in [5, 5.41) is 0. The lowest BCUT2D eigenvalue weighted by atomic mass is 9.68. The number of ether oxygens (including phenoxy) is 1. The van der Waals surface area contributed by atoms with E-state index in [0.717, 1.165) is 43.1 Å². The highest BCUT2D eigenvalue weighted by atomic mass is 19.4. The van der Waals surface area contributed by atoms with E-state index in [-0.39, 0.29) is 6.08 Å². The van der Waals surface area contributed by atoms with Crippen molar-refractivity contribution in [2.45, 2.75) is 122 Å². The van der Waals surface area contributed by atoms with Crippen LogP contribution in [-0.2, 0) is 4.74 Å². The largest absolute Gasteiger partial charge is 0.412 e. The van der Waals surface area contributed by atoms with Gasteiger partial charge in [0.2, 0.25) is 0 Å². The molecule has 1 heterocycles. The van der Waals surface area contributed by atoms with Crippen molar-refractivity contribution >= 4 is 0 Å². The van der Waals surface area contributed by atoms with Crippen molar-refractivity contribution < 1.29 is 22.3 Å². The quantitative estimate of drug-likeness (QED) is 0.340. The summed E-state index contributed by atoms with van der Waals surface area (Å²) >= 11 is 0. The van der Waals surface area contributed by atoms with Crippen LogP contribution in [0.15, 0.2) is 11.9 Å². The fourth-order valence-electron chi connectivity index (χ4n) is 7.68. The summed E-state index contributed by atoms with van der Waals surface area (Å²) in [6, 6.07) is 0. The molecule has 0 aromatic carbocycles. The maximum Gasteiger partial charge on any atom is 0.412 e. The van der Waals surface area contributed by atoms with E-state index in [1.165, 1.54) is 77.0 Å². The minimum absolute atomic E-state index is 0.125. The molecule has 0 amide bonds. The predicted molar refractivity (Wildman–Crippen MR) is 129 cm³/mol. The molecule has 0 radical (unpaired) electrons. The van der Waals surface area contributed by atoms with E-state index in [4.69, 9.17) is 4.74 Å². The van der Waals surface area contributed by atoms with Crippen LogP contribution in [0, 0.1) is 41.4 Å². The third-order valence-corrected chi connectivity index (χ3v) is 9.96. The van der Waals surface area contributed by atoms with E-state index in [2.05, 4.69) is 6.92 Å². The Morgan fingerprint density at radius 2 is 1.21 bits per heavy atom. The molecule has 0 N–H and O–H groups in total. The van der Waals surface area contributed by atoms with Gasteiger partial charge in [-0.1, -0.05) is 45.4 Å². The Morgan fingerprint density at radius 3 is 1.68 bits per heavy atom. The second-order valence-electron chi connectivity index (χ2n) is 12.4. The van der Waals surface area contributed by atoms with Gasteiger partial charge in [0.15, 0.2) is 0 Å². The molecular weight excluding hydrogens is 440 g/mol. The summed E-state index contributed by atoms with van der Waals surface area (Å²) in [4.78, 5) is 0. The van der Waals surface area contributed by atoms with Crippen molar-refractivity contribution in [3.63, 3.8) is 0 Å². The zero-order valence-electron chi connectivity index (χ0n) is 21.1. The Hall–Kier alpha value is -0.580. The number of hydrogen-bond donors (Lipinski definition) is 0. The fraction of sp³-hybridized carbons (Fsp3) is 0.931. The molecule has 34 heavy (non-hydrogen) atoms. The third-order valence-electron chi connectivity index (χ3n) is 9.96. The van der Waals surface area contributed by atoms with Crippen molar-refractivity contribution in [3.8, 4) is 0 Å². The number of hydrogen-bond acceptors (Lipinski definition) is 1. The smallest absolute Gasteiger partial charge is 0.378 e. The summed E-state index contributed by atoms with van der Waals surface area (Å²) in [6.45, 7) is 3.26. The minimum atomic E-state index is -4.54. The van der Waals surface area contributed by atoms with Crippen molar-refractivity contribution in [2.24, 2.45) is 41.4 Å². The second kappa shape index (κ2) is 12.1. The average Bonchev–Trinajstić information content (AvgIpc) is 2.83. The molecule has 3 aliphatic carbocycles. The molecule has 3 saturated carbocycles. The fourth-order valence-corrected chi connectivity index (χ4v) is 7.68. The Kier molecular flexibility index (Phi) is 9.43. The van der Waals surface area contributed by atoms with Gasteiger partial charge in [-0.3, -0.25) is 0 Å². The van der Waals surface area contributed by atoms with Crippen LogP contribution in [0.5, 0.6) is 0 Å². The van der Waals surface area contributed by atoms with Crippen molar-refractivity contribution in [1.82, 2.24) is 0 Å². The first-order chi connectivity index (χ1) is 16.3. The minimum Gasteiger partial charge on any atom is -0.378 e. The van der Waals surface area contributed by atoms with Gasteiger partial charge in [0.25, 0.3) is 0 Å². The Morgan fingerprint density at radius 1 is 0.706 bits per heavy atom. The summed E-state index contributed by atoms with van der Waals surface area (Å²) in [7, 11) is 0. The summed E-state index contributed by atoms with van der Waals surface area (Å²) in [5.74, 6) is 3.14. The molecule has 1 aliphatic heterocycles. The zero-order valence-corrected chi connectivity index (χ0v) is 21.1. The molecule has 2 atom stereocenters. The van der Waals surface area contributed by atoms with Crippen LogP contribution in [-0.4, -0.2) is 18.9 Å². The number of rotatable bonds is 6. The standard InChI is InChI=1S/C29H46F4O/c1-20-2-17-28(34-19-20)26-11-7-22(8-12-26)4-3-21-5-9-23(10-6-21)24-13-15-25(16-14-24)27(30)18-29(31,32)33/h18,20-26,28H,2-17,19H2,1H3/b27-18-/t20?,21?,22?,23?,24?,25?,26?,28-/m1/s1. The van der Waals surface area contributed by atoms with E-state index in [0.29, 0.717) is 30.8 Å². The summed E-state index contributed by atoms with van der Waals surface area (Å²) < 4.78 is 57.4. The number of halogens is 4. The second-order valence-corrected chi connectivity index (χ2v) is 12.4. The lowest BCUT2D eigenvalue weighted by Crippen LogP contribution is -2.33. The van der Waals surface area contributed by atoms with Gasteiger partial charge in [-0.15, -0.1) is 0 Å². The molecule has 4 rings (SSSR count). The van der Waals surface area contributed by atoms with E-state index >= 15 is 0 Å². The molecule has 4 fully saturated rings. The van der Waals surface area contributed by atoms with Crippen molar-refractivity contribution in [1.29, 1.82) is 0 Å². The average molecular weight is 487 g/mol. The summed E-state index contributed by atoms with van der Waals surface area (Å²) in [5.41, 5.74) is 0. The lowest BCUT2D eigenvalue weighted by molar-refractivity contribution is -0.0821. The van der Waals surface area contributed by atoms with Crippen LogP contribution in [0.4, 0.5) is 17.6 Å². The SMILES string of the molecule is CC1CC[C@H](C2CCC(CCC3CCC(C4CCC(/C(F)=C/C(F)(F)F)CC4)CC3)CC2)OC1. The molecular formula is C29H46F4O. The van der Waals surface area contributed by atoms with Gasteiger partial charge in [-0.25, -0.2) is 4.39 Å². The van der Waals surface area contributed by atoms with E-state index in [1.54, 1.807) is 0 Å².